The predicted octanol–water partition coefficient (Wildman–Crippen LogP) is 2.75. The minimum absolute atomic E-state index is 0.264. The Hall–Kier alpha value is -2.48. The van der Waals surface area contributed by atoms with E-state index in [9.17, 15) is 4.79 Å². The first-order valence-corrected chi connectivity index (χ1v) is 7.05. The van der Waals surface area contributed by atoms with E-state index in [2.05, 4.69) is 12.2 Å². The quantitative estimate of drug-likeness (QED) is 0.816. The molecular weight excluding hydrogens is 268 g/mol. The summed E-state index contributed by atoms with van der Waals surface area (Å²) in [5, 5.41) is 11.6. The van der Waals surface area contributed by atoms with Gasteiger partial charge in [0.1, 0.15) is 11.8 Å². The van der Waals surface area contributed by atoms with Crippen LogP contribution in [0.3, 0.4) is 0 Å². The van der Waals surface area contributed by atoms with Gasteiger partial charge < -0.3 is 9.47 Å². The van der Waals surface area contributed by atoms with Gasteiger partial charge in [0.05, 0.1) is 18.8 Å². The van der Waals surface area contributed by atoms with Gasteiger partial charge in [-0.05, 0) is 24.6 Å². The molecule has 0 unspecified atom stereocenters. The lowest BCUT2D eigenvalue weighted by atomic mass is 10.2. The number of ether oxygens (including phenoxy) is 2. The molecule has 1 aromatic rings. The van der Waals surface area contributed by atoms with Gasteiger partial charge in [-0.1, -0.05) is 19.4 Å². The van der Waals surface area contributed by atoms with Crippen molar-refractivity contribution in [3.8, 4) is 11.8 Å². The highest BCUT2D eigenvalue weighted by Gasteiger charge is 2.19. The minimum Gasteiger partial charge on any atom is -0.494 e. The zero-order valence-corrected chi connectivity index (χ0v) is 12.0. The van der Waals surface area contributed by atoms with Crippen LogP contribution in [0.5, 0.6) is 5.75 Å². The number of hydrogen-bond acceptors (Lipinski definition) is 4. The second kappa shape index (κ2) is 7.34. The largest absolute Gasteiger partial charge is 0.494 e. The van der Waals surface area contributed by atoms with Gasteiger partial charge in [0.2, 0.25) is 5.88 Å². The second-order valence-electron chi connectivity index (χ2n) is 4.70. The highest BCUT2D eigenvalue weighted by Crippen LogP contribution is 2.18. The van der Waals surface area contributed by atoms with Gasteiger partial charge in [0.15, 0.2) is 0 Å². The minimum atomic E-state index is -0.305. The van der Waals surface area contributed by atoms with Crippen LogP contribution in [0, 0.1) is 11.3 Å². The number of hydrogen-bond donors (Lipinski definition) is 1. The molecule has 0 atom stereocenters. The molecular formula is C16H18N2O3. The van der Waals surface area contributed by atoms with Crippen molar-refractivity contribution in [2.75, 3.05) is 13.2 Å². The van der Waals surface area contributed by atoms with Crippen molar-refractivity contribution in [3.63, 3.8) is 0 Å². The first-order valence-electron chi connectivity index (χ1n) is 7.05. The molecule has 1 aliphatic rings. The van der Waals surface area contributed by atoms with E-state index in [0.29, 0.717) is 36.5 Å². The van der Waals surface area contributed by atoms with Crippen LogP contribution >= 0.6 is 0 Å². The number of unbranched alkanes of at least 4 members (excludes halogenated alkanes) is 1. The van der Waals surface area contributed by atoms with Gasteiger partial charge in [0, 0.05) is 12.0 Å². The zero-order chi connectivity index (χ0) is 15.1. The van der Waals surface area contributed by atoms with Gasteiger partial charge in [0.25, 0.3) is 5.91 Å². The van der Waals surface area contributed by atoms with Crippen molar-refractivity contribution in [2.45, 2.75) is 26.2 Å². The molecule has 5 heteroatoms. The third-order valence-electron chi connectivity index (χ3n) is 3.10. The normalized spacial score (nSPS) is 13.5. The molecule has 1 amide bonds. The Morgan fingerprint density at radius 1 is 1.52 bits per heavy atom. The number of nitrogens with zero attached hydrogens (tertiary/aromatic N) is 1. The third-order valence-corrected chi connectivity index (χ3v) is 3.10. The number of amides is 1. The van der Waals surface area contributed by atoms with Crippen molar-refractivity contribution in [1.82, 2.24) is 5.32 Å². The first-order chi connectivity index (χ1) is 10.2. The van der Waals surface area contributed by atoms with Crippen LogP contribution in [0.4, 0.5) is 0 Å². The Labute approximate surface area is 124 Å². The number of carbonyl (C=O) groups is 1. The zero-order valence-electron chi connectivity index (χ0n) is 12.0. The molecule has 0 bridgehead atoms. The number of nitrogens with one attached hydrogen (secondary N) is 1. The van der Waals surface area contributed by atoms with Crippen molar-refractivity contribution >= 4 is 5.91 Å². The number of carbonyl (C=O) groups excluding carboxylic acids is 1. The molecule has 1 aliphatic heterocycles. The SMILES string of the molecule is CCCCOc1cccc(C(=O)NC2=C(C#N)CCO2)c1. The van der Waals surface area contributed by atoms with Crippen molar-refractivity contribution in [3.05, 3.63) is 41.3 Å². The molecule has 1 aromatic carbocycles. The molecule has 5 nitrogen and oxygen atoms in total. The fourth-order valence-corrected chi connectivity index (χ4v) is 1.91. The Bertz CT molecular complexity index is 587. The Kier molecular flexibility index (Phi) is 5.22. The average molecular weight is 286 g/mol. The fraction of sp³-hybridized carbons (Fsp3) is 0.375. The summed E-state index contributed by atoms with van der Waals surface area (Å²) in [6, 6.07) is 9.00. The standard InChI is InChI=1S/C16H18N2O3/c1-2-3-8-20-14-6-4-5-12(10-14)15(19)18-16-13(11-17)7-9-21-16/h4-6,10H,2-3,7-9H2,1H3,(H,18,19). The predicted molar refractivity (Wildman–Crippen MR) is 77.5 cm³/mol. The molecule has 0 radical (unpaired) electrons. The maximum Gasteiger partial charge on any atom is 0.258 e. The van der Waals surface area contributed by atoms with Crippen LogP contribution in [0.15, 0.2) is 35.7 Å². The van der Waals surface area contributed by atoms with Crippen LogP contribution in [-0.2, 0) is 4.74 Å². The van der Waals surface area contributed by atoms with Gasteiger partial charge in [-0.25, -0.2) is 0 Å². The van der Waals surface area contributed by atoms with Gasteiger partial charge >= 0.3 is 0 Å². The highest BCUT2D eigenvalue weighted by molar-refractivity contribution is 5.95. The van der Waals surface area contributed by atoms with E-state index in [1.807, 2.05) is 12.1 Å². The molecule has 0 aliphatic carbocycles. The number of rotatable bonds is 6. The lowest BCUT2D eigenvalue weighted by Gasteiger charge is -2.09. The van der Waals surface area contributed by atoms with Gasteiger partial charge in [-0.15, -0.1) is 0 Å². The van der Waals surface area contributed by atoms with E-state index in [1.165, 1.54) is 0 Å². The molecule has 1 N–H and O–H groups in total. The monoisotopic (exact) mass is 286 g/mol. The summed E-state index contributed by atoms with van der Waals surface area (Å²) < 4.78 is 10.8. The second-order valence-corrected chi connectivity index (χ2v) is 4.70. The summed E-state index contributed by atoms with van der Waals surface area (Å²) in [7, 11) is 0. The summed E-state index contributed by atoms with van der Waals surface area (Å²) in [5.41, 5.74) is 0.947. The summed E-state index contributed by atoms with van der Waals surface area (Å²) in [6.45, 7) is 3.16. The molecule has 2 rings (SSSR count). The lowest BCUT2D eigenvalue weighted by molar-refractivity contribution is 0.0930. The van der Waals surface area contributed by atoms with E-state index >= 15 is 0 Å². The highest BCUT2D eigenvalue weighted by atomic mass is 16.5. The molecule has 110 valence electrons. The first kappa shape index (κ1) is 14.9. The van der Waals surface area contributed by atoms with E-state index in [4.69, 9.17) is 14.7 Å². The third kappa shape index (κ3) is 3.99. The van der Waals surface area contributed by atoms with E-state index < -0.39 is 0 Å². The van der Waals surface area contributed by atoms with Gasteiger partial charge in [-0.3, -0.25) is 10.1 Å². The maximum atomic E-state index is 12.2. The number of benzene rings is 1. The Morgan fingerprint density at radius 3 is 3.14 bits per heavy atom. The van der Waals surface area contributed by atoms with E-state index in [1.54, 1.807) is 18.2 Å². The molecule has 0 fully saturated rings. The molecule has 0 saturated carbocycles. The molecule has 0 saturated heterocycles. The molecule has 0 spiro atoms. The van der Waals surface area contributed by atoms with Crippen LogP contribution in [0.2, 0.25) is 0 Å². The van der Waals surface area contributed by atoms with Crippen molar-refractivity contribution < 1.29 is 14.3 Å². The van der Waals surface area contributed by atoms with Crippen LogP contribution in [0.25, 0.3) is 0 Å². The summed E-state index contributed by atoms with van der Waals surface area (Å²) in [6.07, 6.45) is 2.57. The van der Waals surface area contributed by atoms with Gasteiger partial charge in [-0.2, -0.15) is 5.26 Å². The van der Waals surface area contributed by atoms with Crippen molar-refractivity contribution in [2.24, 2.45) is 0 Å². The smallest absolute Gasteiger partial charge is 0.258 e. The lowest BCUT2D eigenvalue weighted by Crippen LogP contribution is -2.23. The molecule has 1 heterocycles. The van der Waals surface area contributed by atoms with Crippen LogP contribution in [-0.4, -0.2) is 19.1 Å². The van der Waals surface area contributed by atoms with Crippen molar-refractivity contribution in [1.29, 1.82) is 5.26 Å². The maximum absolute atomic E-state index is 12.2. The van der Waals surface area contributed by atoms with E-state index in [-0.39, 0.29) is 11.8 Å². The molecule has 0 aromatic heterocycles. The Morgan fingerprint density at radius 2 is 2.38 bits per heavy atom. The summed E-state index contributed by atoms with van der Waals surface area (Å²) >= 11 is 0. The average Bonchev–Trinajstić information content (AvgIpc) is 2.95. The Balaban J connectivity index is 2.02. The molecule has 21 heavy (non-hydrogen) atoms. The topological polar surface area (TPSA) is 71.3 Å². The fourth-order valence-electron chi connectivity index (χ4n) is 1.91. The number of nitriles is 1. The van der Waals surface area contributed by atoms with E-state index in [0.717, 1.165) is 12.8 Å². The van der Waals surface area contributed by atoms with Crippen LogP contribution in [0.1, 0.15) is 36.5 Å². The summed E-state index contributed by atoms with van der Waals surface area (Å²) in [4.78, 5) is 12.2. The summed E-state index contributed by atoms with van der Waals surface area (Å²) in [5.74, 6) is 0.623. The van der Waals surface area contributed by atoms with Crippen LogP contribution < -0.4 is 10.1 Å².